The summed E-state index contributed by atoms with van der Waals surface area (Å²) in [6, 6.07) is 16.5. The standard InChI is InChI=1S/C39H38ClN9O7S/c1-46(57(3,54)55)31-9-5-4-8-29(31)42-35-28(40)23-41-39(45-35)43-30-13-11-25(22-33(30)56-2)48-19-17-47(18-20-48)16-6-7-24-10-12-26-27(21-24)38(53)49(37(26)52)32-14-15-34(50)44-36(32)51/h4-5,8-13,21-23,32H,14-20H2,1-3H3,(H,44,50,51)(H2,41,42,43,45). The maximum Gasteiger partial charge on any atom is 0.262 e. The number of hydrogen-bond donors (Lipinski definition) is 3. The fraction of sp³-hybridized carbons (Fsp3) is 0.282. The van der Waals surface area contributed by atoms with E-state index in [0.29, 0.717) is 34.9 Å². The van der Waals surface area contributed by atoms with Crippen molar-refractivity contribution in [3.63, 3.8) is 0 Å². The zero-order valence-corrected chi connectivity index (χ0v) is 32.8. The second-order valence-corrected chi connectivity index (χ2v) is 16.0. The zero-order valence-electron chi connectivity index (χ0n) is 31.2. The number of halogens is 1. The lowest BCUT2D eigenvalue weighted by Gasteiger charge is -2.35. The van der Waals surface area contributed by atoms with Gasteiger partial charge in [0.25, 0.3) is 11.8 Å². The van der Waals surface area contributed by atoms with Gasteiger partial charge in [0.15, 0.2) is 5.82 Å². The van der Waals surface area contributed by atoms with Gasteiger partial charge in [-0.25, -0.2) is 13.4 Å². The minimum absolute atomic E-state index is 0.0585. The maximum absolute atomic E-state index is 13.2. The Labute approximate surface area is 334 Å². The number of carbonyl (C=O) groups is 4. The number of piperidine rings is 1. The Morgan fingerprint density at radius 1 is 0.965 bits per heavy atom. The molecule has 3 N–H and O–H groups in total. The van der Waals surface area contributed by atoms with Crippen LogP contribution in [0.4, 0.5) is 34.5 Å². The van der Waals surface area contributed by atoms with Gasteiger partial charge in [-0.2, -0.15) is 4.98 Å². The van der Waals surface area contributed by atoms with E-state index < -0.39 is 39.7 Å². The summed E-state index contributed by atoms with van der Waals surface area (Å²) in [5.41, 5.74) is 3.50. The number of methoxy groups -OCH3 is 1. The minimum Gasteiger partial charge on any atom is -0.494 e. The van der Waals surface area contributed by atoms with E-state index in [4.69, 9.17) is 16.3 Å². The van der Waals surface area contributed by atoms with Gasteiger partial charge < -0.3 is 20.3 Å². The fourth-order valence-electron chi connectivity index (χ4n) is 6.74. The van der Waals surface area contributed by atoms with Crippen LogP contribution in [0.3, 0.4) is 0 Å². The number of nitrogens with zero attached hydrogens (tertiary/aromatic N) is 6. The van der Waals surface area contributed by atoms with Crippen LogP contribution >= 0.6 is 11.6 Å². The SMILES string of the molecule is COc1cc(N2CCN(CC#Cc3ccc4c(c3)C(=O)N(C3CCC(=O)NC3=O)C4=O)CC2)ccc1Nc1ncc(Cl)c(Nc2ccccc2N(C)S(C)(=O)=O)n1. The number of anilines is 6. The minimum atomic E-state index is -3.52. The lowest BCUT2D eigenvalue weighted by atomic mass is 10.0. The van der Waals surface area contributed by atoms with Crippen molar-refractivity contribution in [3.8, 4) is 17.6 Å². The molecule has 4 aromatic rings. The largest absolute Gasteiger partial charge is 0.494 e. The van der Waals surface area contributed by atoms with Gasteiger partial charge in [-0.3, -0.25) is 38.6 Å². The zero-order chi connectivity index (χ0) is 40.4. The van der Waals surface area contributed by atoms with E-state index in [0.717, 1.165) is 43.0 Å². The number of para-hydroxylation sites is 2. The summed E-state index contributed by atoms with van der Waals surface area (Å²) in [5.74, 6) is 5.19. The van der Waals surface area contributed by atoms with Crippen LogP contribution in [-0.4, -0.2) is 111 Å². The molecule has 1 aromatic heterocycles. The molecule has 16 nitrogen and oxygen atoms in total. The van der Waals surface area contributed by atoms with Crippen molar-refractivity contribution in [2.45, 2.75) is 18.9 Å². The molecule has 57 heavy (non-hydrogen) atoms. The van der Waals surface area contributed by atoms with Crippen molar-refractivity contribution in [2.75, 3.05) is 73.0 Å². The second kappa shape index (κ2) is 16.1. The molecule has 2 fully saturated rings. The van der Waals surface area contributed by atoms with Crippen LogP contribution in [0.2, 0.25) is 5.02 Å². The van der Waals surface area contributed by atoms with E-state index >= 15 is 0 Å². The number of carbonyl (C=O) groups excluding carboxylic acids is 4. The predicted octanol–water partition coefficient (Wildman–Crippen LogP) is 3.60. The first kappa shape index (κ1) is 39.0. The summed E-state index contributed by atoms with van der Waals surface area (Å²) in [7, 11) is -0.474. The average molecular weight is 812 g/mol. The number of amides is 4. The van der Waals surface area contributed by atoms with Gasteiger partial charge in [-0.15, -0.1) is 0 Å². The van der Waals surface area contributed by atoms with Gasteiger partial charge in [0, 0.05) is 57.0 Å². The molecular weight excluding hydrogens is 774 g/mol. The molecule has 7 rings (SSSR count). The van der Waals surface area contributed by atoms with E-state index in [1.54, 1.807) is 49.6 Å². The van der Waals surface area contributed by atoms with Gasteiger partial charge in [0.1, 0.15) is 16.8 Å². The van der Waals surface area contributed by atoms with Gasteiger partial charge in [-0.1, -0.05) is 35.6 Å². The first-order valence-electron chi connectivity index (χ1n) is 17.9. The molecule has 18 heteroatoms. The summed E-state index contributed by atoms with van der Waals surface area (Å²) in [5, 5.41) is 8.76. The summed E-state index contributed by atoms with van der Waals surface area (Å²) in [4.78, 5) is 64.4. The van der Waals surface area contributed by atoms with Crippen molar-refractivity contribution in [1.29, 1.82) is 0 Å². The lowest BCUT2D eigenvalue weighted by Crippen LogP contribution is -2.54. The van der Waals surface area contributed by atoms with Crippen molar-refractivity contribution in [2.24, 2.45) is 0 Å². The molecule has 0 aliphatic carbocycles. The van der Waals surface area contributed by atoms with Crippen molar-refractivity contribution >= 4 is 79.8 Å². The number of nitrogens with one attached hydrogen (secondary N) is 3. The number of imide groups is 2. The molecule has 3 aliphatic rings. The molecule has 294 valence electrons. The van der Waals surface area contributed by atoms with Crippen molar-refractivity contribution in [1.82, 2.24) is 25.1 Å². The van der Waals surface area contributed by atoms with Crippen LogP contribution in [0, 0.1) is 11.8 Å². The van der Waals surface area contributed by atoms with Crippen LogP contribution in [0.1, 0.15) is 39.1 Å². The smallest absolute Gasteiger partial charge is 0.262 e. The van der Waals surface area contributed by atoms with E-state index in [1.165, 1.54) is 17.5 Å². The molecule has 1 atom stereocenters. The number of benzene rings is 3. The van der Waals surface area contributed by atoms with E-state index in [9.17, 15) is 27.6 Å². The second-order valence-electron chi connectivity index (χ2n) is 13.5. The van der Waals surface area contributed by atoms with Crippen LogP contribution in [-0.2, 0) is 19.6 Å². The van der Waals surface area contributed by atoms with Gasteiger partial charge in [-0.05, 0) is 48.9 Å². The average Bonchev–Trinajstić information content (AvgIpc) is 3.44. The molecule has 3 aliphatic heterocycles. The quantitative estimate of drug-likeness (QED) is 0.156. The Balaban J connectivity index is 0.954. The first-order chi connectivity index (χ1) is 27.3. The van der Waals surface area contributed by atoms with Crippen molar-refractivity contribution in [3.05, 3.63) is 88.6 Å². The molecule has 0 bridgehead atoms. The highest BCUT2D eigenvalue weighted by atomic mass is 35.5. The Bertz CT molecular complexity index is 2460. The van der Waals surface area contributed by atoms with Crippen LogP contribution in [0.15, 0.2) is 66.9 Å². The number of ether oxygens (including phenoxy) is 1. The highest BCUT2D eigenvalue weighted by molar-refractivity contribution is 7.92. The molecular formula is C39H38ClN9O7S. The third kappa shape index (κ3) is 8.33. The van der Waals surface area contributed by atoms with Gasteiger partial charge >= 0.3 is 0 Å². The summed E-state index contributed by atoms with van der Waals surface area (Å²) in [6.07, 6.45) is 2.72. The number of sulfonamides is 1. The highest BCUT2D eigenvalue weighted by Gasteiger charge is 2.44. The molecule has 4 amide bonds. The number of hydrogen-bond acceptors (Lipinski definition) is 13. The van der Waals surface area contributed by atoms with Crippen LogP contribution in [0.5, 0.6) is 5.75 Å². The first-order valence-corrected chi connectivity index (χ1v) is 20.1. The molecule has 3 aromatic carbocycles. The Morgan fingerprint density at radius 3 is 2.46 bits per heavy atom. The third-order valence-electron chi connectivity index (χ3n) is 9.88. The normalized spacial score (nSPS) is 17.1. The van der Waals surface area contributed by atoms with Crippen molar-refractivity contribution < 1.29 is 32.3 Å². The van der Waals surface area contributed by atoms with Gasteiger partial charge in [0.2, 0.25) is 27.8 Å². The van der Waals surface area contributed by atoms with Crippen LogP contribution in [0.25, 0.3) is 0 Å². The fourth-order valence-corrected chi connectivity index (χ4v) is 7.40. The summed E-state index contributed by atoms with van der Waals surface area (Å²) >= 11 is 6.44. The molecule has 1 unspecified atom stereocenters. The Kier molecular flexibility index (Phi) is 11.0. The van der Waals surface area contributed by atoms with Gasteiger partial charge in [0.05, 0.1) is 54.3 Å². The van der Waals surface area contributed by atoms with E-state index in [2.05, 4.69) is 47.6 Å². The van der Waals surface area contributed by atoms with E-state index in [1.807, 2.05) is 18.2 Å². The maximum atomic E-state index is 13.2. The molecule has 2 saturated heterocycles. The molecule has 0 saturated carbocycles. The third-order valence-corrected chi connectivity index (χ3v) is 11.4. The monoisotopic (exact) mass is 811 g/mol. The summed E-state index contributed by atoms with van der Waals surface area (Å²) in [6.45, 7) is 3.51. The Hall–Kier alpha value is -6.22. The number of aromatic nitrogens is 2. The van der Waals surface area contributed by atoms with Crippen LogP contribution < -0.4 is 29.9 Å². The number of fused-ring (bicyclic) bond motifs is 1. The number of piperazine rings is 1. The molecule has 0 spiro atoms. The molecule has 4 heterocycles. The molecule has 0 radical (unpaired) electrons. The summed E-state index contributed by atoms with van der Waals surface area (Å²) < 4.78 is 31.3. The number of rotatable bonds is 10. The predicted molar refractivity (Wildman–Crippen MR) is 215 cm³/mol. The Morgan fingerprint density at radius 2 is 1.72 bits per heavy atom. The van der Waals surface area contributed by atoms with E-state index in [-0.39, 0.29) is 40.8 Å². The lowest BCUT2D eigenvalue weighted by molar-refractivity contribution is -0.136. The highest BCUT2D eigenvalue weighted by Crippen LogP contribution is 2.35. The topological polar surface area (TPSA) is 186 Å².